The van der Waals surface area contributed by atoms with E-state index >= 15 is 0 Å². The molecule has 1 aromatic heterocycles. The van der Waals surface area contributed by atoms with Crippen molar-refractivity contribution < 1.29 is 0 Å². The van der Waals surface area contributed by atoms with Gasteiger partial charge in [0, 0.05) is 9.35 Å². The molecule has 0 amide bonds. The van der Waals surface area contributed by atoms with E-state index in [1.165, 1.54) is 16.9 Å². The van der Waals surface area contributed by atoms with Crippen molar-refractivity contribution in [3.05, 3.63) is 38.7 Å². The van der Waals surface area contributed by atoms with Gasteiger partial charge >= 0.3 is 0 Å². The molecule has 0 saturated carbocycles. The maximum atomic E-state index is 8.97. The molecule has 0 bridgehead atoms. The SMILES string of the molecule is Cc1ccc(-c2sc(C#N)c(N)c2C)cc1Br. The van der Waals surface area contributed by atoms with Crippen molar-refractivity contribution >= 4 is 33.0 Å². The van der Waals surface area contributed by atoms with Crippen molar-refractivity contribution in [2.75, 3.05) is 5.73 Å². The van der Waals surface area contributed by atoms with Gasteiger partial charge in [-0.25, -0.2) is 0 Å². The van der Waals surface area contributed by atoms with Crippen LogP contribution in [-0.4, -0.2) is 0 Å². The van der Waals surface area contributed by atoms with Crippen LogP contribution < -0.4 is 5.73 Å². The van der Waals surface area contributed by atoms with E-state index in [0.29, 0.717) is 10.6 Å². The number of halogens is 1. The molecule has 0 unspecified atom stereocenters. The van der Waals surface area contributed by atoms with Crippen LogP contribution in [0.15, 0.2) is 22.7 Å². The first-order valence-electron chi connectivity index (χ1n) is 5.10. The molecule has 0 spiro atoms. The summed E-state index contributed by atoms with van der Waals surface area (Å²) in [5.41, 5.74) is 9.77. The second-order valence-corrected chi connectivity index (χ2v) is 5.75. The van der Waals surface area contributed by atoms with Crippen LogP contribution in [0.3, 0.4) is 0 Å². The average Bonchev–Trinajstić information content (AvgIpc) is 2.60. The van der Waals surface area contributed by atoms with E-state index in [2.05, 4.69) is 40.2 Å². The molecule has 1 aromatic carbocycles. The molecule has 0 fully saturated rings. The lowest BCUT2D eigenvalue weighted by Crippen LogP contribution is -1.87. The number of hydrogen-bond acceptors (Lipinski definition) is 3. The highest BCUT2D eigenvalue weighted by molar-refractivity contribution is 9.10. The summed E-state index contributed by atoms with van der Waals surface area (Å²) in [6.45, 7) is 4.00. The number of hydrogen-bond donors (Lipinski definition) is 1. The first-order chi connectivity index (χ1) is 8.04. The fourth-order valence-corrected chi connectivity index (χ4v) is 3.02. The van der Waals surface area contributed by atoms with E-state index < -0.39 is 0 Å². The third-order valence-corrected chi connectivity index (χ3v) is 4.84. The molecule has 17 heavy (non-hydrogen) atoms. The minimum Gasteiger partial charge on any atom is -0.397 e. The lowest BCUT2D eigenvalue weighted by Gasteiger charge is -2.03. The maximum absolute atomic E-state index is 8.97. The van der Waals surface area contributed by atoms with Crippen LogP contribution in [0.1, 0.15) is 16.0 Å². The Hall–Kier alpha value is -1.31. The highest BCUT2D eigenvalue weighted by atomic mass is 79.9. The number of nitriles is 1. The van der Waals surface area contributed by atoms with Gasteiger partial charge < -0.3 is 5.73 Å². The standard InChI is InChI=1S/C13H11BrN2S/c1-7-3-4-9(5-10(7)14)13-8(2)12(16)11(6-15)17-13/h3-5H,16H2,1-2H3. The number of nitrogens with two attached hydrogens (primary N) is 1. The van der Waals surface area contributed by atoms with Crippen LogP contribution in [-0.2, 0) is 0 Å². The van der Waals surface area contributed by atoms with Crippen LogP contribution >= 0.6 is 27.3 Å². The average molecular weight is 307 g/mol. The summed E-state index contributed by atoms with van der Waals surface area (Å²) in [6.07, 6.45) is 0. The molecule has 2 nitrogen and oxygen atoms in total. The molecule has 0 aliphatic carbocycles. The monoisotopic (exact) mass is 306 g/mol. The van der Waals surface area contributed by atoms with E-state index in [1.54, 1.807) is 0 Å². The van der Waals surface area contributed by atoms with Gasteiger partial charge in [-0.15, -0.1) is 11.3 Å². The van der Waals surface area contributed by atoms with E-state index in [4.69, 9.17) is 11.0 Å². The Labute approximate surface area is 113 Å². The smallest absolute Gasteiger partial charge is 0.128 e. The molecule has 0 radical (unpaired) electrons. The van der Waals surface area contributed by atoms with Crippen LogP contribution in [0.2, 0.25) is 0 Å². The zero-order chi connectivity index (χ0) is 12.6. The minimum atomic E-state index is 0.592. The van der Waals surface area contributed by atoms with Crippen molar-refractivity contribution in [3.63, 3.8) is 0 Å². The van der Waals surface area contributed by atoms with Gasteiger partial charge in [0.25, 0.3) is 0 Å². The van der Waals surface area contributed by atoms with Gasteiger partial charge in [-0.3, -0.25) is 0 Å². The Kier molecular flexibility index (Phi) is 3.23. The third-order valence-electron chi connectivity index (χ3n) is 2.73. The topological polar surface area (TPSA) is 49.8 Å². The number of aryl methyl sites for hydroxylation is 1. The normalized spacial score (nSPS) is 10.2. The van der Waals surface area contributed by atoms with Gasteiger partial charge in [0.1, 0.15) is 10.9 Å². The van der Waals surface area contributed by atoms with Crippen molar-refractivity contribution in [1.82, 2.24) is 0 Å². The number of nitrogens with zero attached hydrogens (tertiary/aromatic N) is 1. The summed E-state index contributed by atoms with van der Waals surface area (Å²) in [5, 5.41) is 8.97. The molecule has 86 valence electrons. The Morgan fingerprint density at radius 2 is 2.06 bits per heavy atom. The largest absolute Gasteiger partial charge is 0.397 e. The molecule has 0 aliphatic rings. The summed E-state index contributed by atoms with van der Waals surface area (Å²) in [5.74, 6) is 0. The summed E-state index contributed by atoms with van der Waals surface area (Å²) < 4.78 is 1.07. The van der Waals surface area contributed by atoms with Gasteiger partial charge in [-0.1, -0.05) is 28.1 Å². The van der Waals surface area contributed by atoms with Gasteiger partial charge in [0.15, 0.2) is 0 Å². The van der Waals surface area contributed by atoms with Crippen LogP contribution in [0.25, 0.3) is 10.4 Å². The molecule has 0 saturated heterocycles. The lowest BCUT2D eigenvalue weighted by molar-refractivity contribution is 1.43. The summed E-state index contributed by atoms with van der Waals surface area (Å²) in [6, 6.07) is 8.31. The lowest BCUT2D eigenvalue weighted by atomic mass is 10.1. The Bertz CT molecular complexity index is 623. The second-order valence-electron chi connectivity index (χ2n) is 3.87. The number of rotatable bonds is 1. The van der Waals surface area contributed by atoms with Crippen molar-refractivity contribution in [3.8, 4) is 16.5 Å². The number of nitrogen functional groups attached to an aromatic ring is 1. The van der Waals surface area contributed by atoms with E-state index in [0.717, 1.165) is 20.5 Å². The van der Waals surface area contributed by atoms with E-state index in [-0.39, 0.29) is 0 Å². The summed E-state index contributed by atoms with van der Waals surface area (Å²) in [4.78, 5) is 1.66. The molecule has 2 rings (SSSR count). The molecule has 2 aromatic rings. The number of anilines is 1. The van der Waals surface area contributed by atoms with Crippen molar-refractivity contribution in [2.24, 2.45) is 0 Å². The number of benzene rings is 1. The molecule has 1 heterocycles. The van der Waals surface area contributed by atoms with Crippen molar-refractivity contribution in [1.29, 1.82) is 5.26 Å². The van der Waals surface area contributed by atoms with Gasteiger partial charge in [0.05, 0.1) is 5.69 Å². The third kappa shape index (κ3) is 2.08. The molecular formula is C13H11BrN2S. The molecular weight excluding hydrogens is 296 g/mol. The molecule has 0 aliphatic heterocycles. The molecule has 4 heteroatoms. The number of thiophene rings is 1. The van der Waals surface area contributed by atoms with Crippen LogP contribution in [0, 0.1) is 25.2 Å². The second kappa shape index (κ2) is 4.52. The highest BCUT2D eigenvalue weighted by Gasteiger charge is 2.14. The quantitative estimate of drug-likeness (QED) is 0.856. The summed E-state index contributed by atoms with van der Waals surface area (Å²) >= 11 is 4.97. The zero-order valence-electron chi connectivity index (χ0n) is 9.54. The van der Waals surface area contributed by atoms with Gasteiger partial charge in [-0.05, 0) is 36.6 Å². The van der Waals surface area contributed by atoms with Crippen LogP contribution in [0.4, 0.5) is 5.69 Å². The Balaban J connectivity index is 2.61. The van der Waals surface area contributed by atoms with E-state index in [1.807, 2.05) is 13.8 Å². The Morgan fingerprint density at radius 3 is 2.59 bits per heavy atom. The highest BCUT2D eigenvalue weighted by Crippen LogP contribution is 2.38. The fraction of sp³-hybridized carbons (Fsp3) is 0.154. The van der Waals surface area contributed by atoms with Gasteiger partial charge in [0.2, 0.25) is 0 Å². The molecule has 0 atom stereocenters. The predicted molar refractivity (Wildman–Crippen MR) is 76.1 cm³/mol. The van der Waals surface area contributed by atoms with Crippen molar-refractivity contribution in [2.45, 2.75) is 13.8 Å². The summed E-state index contributed by atoms with van der Waals surface area (Å²) in [7, 11) is 0. The van der Waals surface area contributed by atoms with E-state index in [9.17, 15) is 0 Å². The zero-order valence-corrected chi connectivity index (χ0v) is 11.9. The molecule has 2 N–H and O–H groups in total. The first-order valence-corrected chi connectivity index (χ1v) is 6.71. The van der Waals surface area contributed by atoms with Crippen LogP contribution in [0.5, 0.6) is 0 Å². The fourth-order valence-electron chi connectivity index (χ4n) is 1.62. The first kappa shape index (κ1) is 12.2. The van der Waals surface area contributed by atoms with Gasteiger partial charge in [-0.2, -0.15) is 5.26 Å². The predicted octanol–water partition coefficient (Wildman–Crippen LogP) is 4.25. The minimum absolute atomic E-state index is 0.592. The Morgan fingerprint density at radius 1 is 1.35 bits per heavy atom. The maximum Gasteiger partial charge on any atom is 0.128 e.